The fourth-order valence-electron chi connectivity index (χ4n) is 1.49. The number of halogens is 3. The van der Waals surface area contributed by atoms with Crippen LogP contribution in [0.2, 0.25) is 0 Å². The van der Waals surface area contributed by atoms with Crippen LogP contribution in [0.4, 0.5) is 13.2 Å². The van der Waals surface area contributed by atoms with Crippen LogP contribution >= 0.6 is 0 Å². The summed E-state index contributed by atoms with van der Waals surface area (Å²) in [5.41, 5.74) is 0. The molecule has 1 amide bonds. The Morgan fingerprint density at radius 3 is 2.22 bits per heavy atom. The number of alkyl halides is 3. The van der Waals surface area contributed by atoms with E-state index >= 15 is 0 Å². The molecule has 0 aliphatic rings. The Kier molecular flexibility index (Phi) is 7.23. The van der Waals surface area contributed by atoms with Gasteiger partial charge in [0, 0.05) is 12.6 Å². The highest BCUT2D eigenvalue weighted by Crippen LogP contribution is 2.12. The van der Waals surface area contributed by atoms with Crippen molar-refractivity contribution in [3.05, 3.63) is 0 Å². The summed E-state index contributed by atoms with van der Waals surface area (Å²) in [4.78, 5) is 11.4. The highest BCUT2D eigenvalue weighted by atomic mass is 19.4. The van der Waals surface area contributed by atoms with Gasteiger partial charge in [0.05, 0.1) is 6.04 Å². The van der Waals surface area contributed by atoms with E-state index in [4.69, 9.17) is 5.11 Å². The lowest BCUT2D eigenvalue weighted by Gasteiger charge is -2.25. The quantitative estimate of drug-likeness (QED) is 0.648. The second-order valence-corrected chi connectivity index (χ2v) is 4.58. The van der Waals surface area contributed by atoms with Crippen LogP contribution in [0.25, 0.3) is 0 Å². The van der Waals surface area contributed by atoms with E-state index in [0.29, 0.717) is 6.42 Å². The van der Waals surface area contributed by atoms with Gasteiger partial charge in [0.25, 0.3) is 0 Å². The molecule has 0 spiro atoms. The van der Waals surface area contributed by atoms with Gasteiger partial charge in [-0.2, -0.15) is 13.2 Å². The second-order valence-electron chi connectivity index (χ2n) is 4.58. The summed E-state index contributed by atoms with van der Waals surface area (Å²) >= 11 is 0. The highest BCUT2D eigenvalue weighted by molar-refractivity contribution is 5.81. The predicted octanol–water partition coefficient (Wildman–Crippen LogP) is 1.05. The summed E-state index contributed by atoms with van der Waals surface area (Å²) in [7, 11) is 0. The summed E-state index contributed by atoms with van der Waals surface area (Å²) in [6.45, 7) is 3.96. The van der Waals surface area contributed by atoms with Crippen molar-refractivity contribution in [1.29, 1.82) is 0 Å². The first-order valence-corrected chi connectivity index (χ1v) is 5.88. The summed E-state index contributed by atoms with van der Waals surface area (Å²) in [6, 6.07) is -0.840. The largest absolute Gasteiger partial charge is 0.405 e. The molecule has 18 heavy (non-hydrogen) atoms. The molecule has 0 aromatic rings. The minimum absolute atomic E-state index is 0.0350. The minimum atomic E-state index is -4.40. The van der Waals surface area contributed by atoms with E-state index in [2.05, 4.69) is 5.32 Å². The van der Waals surface area contributed by atoms with Crippen molar-refractivity contribution in [2.45, 2.75) is 45.5 Å². The van der Waals surface area contributed by atoms with Crippen LogP contribution in [-0.2, 0) is 4.79 Å². The predicted molar refractivity (Wildman–Crippen MR) is 62.0 cm³/mol. The number of rotatable bonds is 7. The van der Waals surface area contributed by atoms with Crippen LogP contribution in [0.15, 0.2) is 0 Å². The average Bonchev–Trinajstić information content (AvgIpc) is 2.23. The first-order chi connectivity index (χ1) is 8.17. The monoisotopic (exact) mass is 270 g/mol. The zero-order valence-corrected chi connectivity index (χ0v) is 10.8. The SMILES string of the molecule is CC(NC(CCO)C(C)C)C(=O)NCC(F)(F)F. The van der Waals surface area contributed by atoms with E-state index in [0.717, 1.165) is 0 Å². The molecular weight excluding hydrogens is 249 g/mol. The van der Waals surface area contributed by atoms with Crippen molar-refractivity contribution in [3.63, 3.8) is 0 Å². The molecule has 4 nitrogen and oxygen atoms in total. The molecule has 0 radical (unpaired) electrons. The van der Waals surface area contributed by atoms with Crippen LogP contribution in [0.3, 0.4) is 0 Å². The number of carbonyl (C=O) groups is 1. The Balaban J connectivity index is 4.20. The van der Waals surface area contributed by atoms with Gasteiger partial charge >= 0.3 is 6.18 Å². The number of nitrogens with one attached hydrogen (secondary N) is 2. The van der Waals surface area contributed by atoms with Crippen molar-refractivity contribution in [1.82, 2.24) is 10.6 Å². The molecule has 0 saturated heterocycles. The molecule has 7 heteroatoms. The lowest BCUT2D eigenvalue weighted by atomic mass is 10.0. The number of carbonyl (C=O) groups excluding carboxylic acids is 1. The molecule has 0 aromatic carbocycles. The normalized spacial score (nSPS) is 15.6. The summed E-state index contributed by atoms with van der Waals surface area (Å²) in [5.74, 6) is -0.522. The molecule has 0 fully saturated rings. The van der Waals surface area contributed by atoms with Gasteiger partial charge < -0.3 is 15.7 Å². The van der Waals surface area contributed by atoms with Crippen LogP contribution in [0, 0.1) is 5.92 Å². The molecule has 2 unspecified atom stereocenters. The van der Waals surface area contributed by atoms with E-state index in [1.807, 2.05) is 19.2 Å². The van der Waals surface area contributed by atoms with Crippen LogP contribution in [0.1, 0.15) is 27.2 Å². The van der Waals surface area contributed by atoms with Gasteiger partial charge in [0.2, 0.25) is 5.91 Å². The summed E-state index contributed by atoms with van der Waals surface area (Å²) in [5, 5.41) is 13.6. The third-order valence-corrected chi connectivity index (χ3v) is 2.57. The molecule has 0 saturated carbocycles. The molecule has 108 valence electrons. The van der Waals surface area contributed by atoms with E-state index in [9.17, 15) is 18.0 Å². The third kappa shape index (κ3) is 7.50. The van der Waals surface area contributed by atoms with Crippen molar-refractivity contribution in [2.75, 3.05) is 13.2 Å². The van der Waals surface area contributed by atoms with Crippen molar-refractivity contribution in [2.24, 2.45) is 5.92 Å². The van der Waals surface area contributed by atoms with Crippen LogP contribution in [-0.4, -0.2) is 42.4 Å². The van der Waals surface area contributed by atoms with E-state index in [-0.39, 0.29) is 18.6 Å². The molecule has 0 aromatic heterocycles. The highest BCUT2D eigenvalue weighted by Gasteiger charge is 2.29. The Morgan fingerprint density at radius 1 is 1.28 bits per heavy atom. The molecule has 2 atom stereocenters. The number of hydrogen-bond donors (Lipinski definition) is 3. The fraction of sp³-hybridized carbons (Fsp3) is 0.909. The first-order valence-electron chi connectivity index (χ1n) is 5.88. The molecule has 0 aliphatic carbocycles. The molecule has 0 rings (SSSR count). The summed E-state index contributed by atoms with van der Waals surface area (Å²) in [6.07, 6.45) is -3.95. The smallest absolute Gasteiger partial charge is 0.396 e. The Morgan fingerprint density at radius 2 is 1.83 bits per heavy atom. The van der Waals surface area contributed by atoms with Gasteiger partial charge in [0.15, 0.2) is 0 Å². The van der Waals surface area contributed by atoms with E-state index < -0.39 is 24.7 Å². The van der Waals surface area contributed by atoms with Crippen LogP contribution < -0.4 is 10.6 Å². The van der Waals surface area contributed by atoms with Gasteiger partial charge in [-0.3, -0.25) is 4.79 Å². The zero-order valence-electron chi connectivity index (χ0n) is 10.8. The fourth-order valence-corrected chi connectivity index (χ4v) is 1.49. The van der Waals surface area contributed by atoms with Crippen LogP contribution in [0.5, 0.6) is 0 Å². The average molecular weight is 270 g/mol. The van der Waals surface area contributed by atoms with Gasteiger partial charge in [-0.15, -0.1) is 0 Å². The Labute approximate surface area is 105 Å². The molecule has 0 heterocycles. The lowest BCUT2D eigenvalue weighted by Crippen LogP contribution is -2.50. The maximum Gasteiger partial charge on any atom is 0.405 e. The number of aliphatic hydroxyl groups is 1. The van der Waals surface area contributed by atoms with E-state index in [1.165, 1.54) is 6.92 Å². The lowest BCUT2D eigenvalue weighted by molar-refractivity contribution is -0.139. The molecule has 0 bridgehead atoms. The number of amides is 1. The van der Waals surface area contributed by atoms with Gasteiger partial charge in [-0.25, -0.2) is 0 Å². The standard InChI is InChI=1S/C11H21F3N2O2/c1-7(2)9(4-5-17)16-8(3)10(18)15-6-11(12,13)14/h7-9,16-17H,4-6H2,1-3H3,(H,15,18). The maximum atomic E-state index is 11.9. The van der Waals surface area contributed by atoms with Gasteiger partial charge in [-0.05, 0) is 19.3 Å². The first kappa shape index (κ1) is 17.2. The molecular formula is C11H21F3N2O2. The van der Waals surface area contributed by atoms with E-state index in [1.54, 1.807) is 0 Å². The number of hydrogen-bond acceptors (Lipinski definition) is 3. The van der Waals surface area contributed by atoms with Gasteiger partial charge in [0.1, 0.15) is 6.54 Å². The maximum absolute atomic E-state index is 11.9. The summed E-state index contributed by atoms with van der Waals surface area (Å²) < 4.78 is 35.8. The molecule has 3 N–H and O–H groups in total. The second kappa shape index (κ2) is 7.58. The van der Waals surface area contributed by atoms with Crippen molar-refractivity contribution >= 4 is 5.91 Å². The zero-order chi connectivity index (χ0) is 14.3. The number of aliphatic hydroxyl groups excluding tert-OH is 1. The van der Waals surface area contributed by atoms with Crippen molar-refractivity contribution in [3.8, 4) is 0 Å². The minimum Gasteiger partial charge on any atom is -0.396 e. The van der Waals surface area contributed by atoms with Crippen molar-refractivity contribution < 1.29 is 23.1 Å². The topological polar surface area (TPSA) is 61.4 Å². The Bertz CT molecular complexity index is 257. The Hall–Kier alpha value is -0.820. The van der Waals surface area contributed by atoms with Gasteiger partial charge in [-0.1, -0.05) is 13.8 Å². The third-order valence-electron chi connectivity index (χ3n) is 2.57. The molecule has 0 aliphatic heterocycles.